The molecular weight excluding hydrogens is 264 g/mol. The molecule has 1 amide bonds. The third-order valence-electron chi connectivity index (χ3n) is 4.30. The molecular formula is C16H24N4O. The minimum Gasteiger partial charge on any atom is -0.350 e. The van der Waals surface area contributed by atoms with Crippen molar-refractivity contribution in [3.8, 4) is 0 Å². The zero-order chi connectivity index (χ0) is 15.5. The fourth-order valence-corrected chi connectivity index (χ4v) is 2.55. The van der Waals surface area contributed by atoms with E-state index < -0.39 is 5.41 Å². The fraction of sp³-hybridized carbons (Fsp3) is 0.500. The number of nitrogens with zero attached hydrogens (tertiary/aromatic N) is 2. The Morgan fingerprint density at radius 2 is 2.05 bits per heavy atom. The Morgan fingerprint density at radius 3 is 2.67 bits per heavy atom. The van der Waals surface area contributed by atoms with Gasteiger partial charge >= 0.3 is 0 Å². The lowest BCUT2D eigenvalue weighted by molar-refractivity contribution is -0.131. The minimum absolute atomic E-state index is 0.0169. The van der Waals surface area contributed by atoms with Crippen LogP contribution in [0.25, 0.3) is 5.65 Å². The molecule has 0 bridgehead atoms. The van der Waals surface area contributed by atoms with Crippen molar-refractivity contribution in [3.05, 3.63) is 35.8 Å². The number of pyridine rings is 1. The summed E-state index contributed by atoms with van der Waals surface area (Å²) in [5.74, 6) is 0.0169. The molecule has 0 unspecified atom stereocenters. The predicted octanol–water partition coefficient (Wildman–Crippen LogP) is 2.02. The van der Waals surface area contributed by atoms with E-state index in [-0.39, 0.29) is 5.91 Å². The molecule has 2 heterocycles. The van der Waals surface area contributed by atoms with Crippen LogP contribution >= 0.6 is 0 Å². The van der Waals surface area contributed by atoms with Crippen LogP contribution in [0.3, 0.4) is 0 Å². The van der Waals surface area contributed by atoms with Gasteiger partial charge in [0.15, 0.2) is 0 Å². The molecule has 114 valence electrons. The van der Waals surface area contributed by atoms with E-state index >= 15 is 0 Å². The summed E-state index contributed by atoms with van der Waals surface area (Å²) in [6.07, 6.45) is 5.47. The lowest BCUT2D eigenvalue weighted by Crippen LogP contribution is -2.45. The third-order valence-corrected chi connectivity index (χ3v) is 4.30. The Kier molecular flexibility index (Phi) is 4.63. The maximum atomic E-state index is 12.4. The number of carbonyl (C=O) groups is 1. The fourth-order valence-electron chi connectivity index (χ4n) is 2.55. The number of amides is 1. The molecule has 0 atom stereocenters. The number of hydrogen-bond donors (Lipinski definition) is 2. The summed E-state index contributed by atoms with van der Waals surface area (Å²) in [6.45, 7) is 6.85. The topological polar surface area (TPSA) is 72.4 Å². The number of aryl methyl sites for hydroxylation is 1. The van der Waals surface area contributed by atoms with E-state index in [0.717, 1.165) is 24.2 Å². The van der Waals surface area contributed by atoms with Crippen LogP contribution in [0.15, 0.2) is 24.5 Å². The molecule has 5 heteroatoms. The van der Waals surface area contributed by atoms with Crippen LogP contribution in [-0.4, -0.2) is 21.8 Å². The number of rotatable bonds is 6. The number of aromatic nitrogens is 2. The second-order valence-electron chi connectivity index (χ2n) is 5.58. The molecule has 2 aromatic rings. The summed E-state index contributed by atoms with van der Waals surface area (Å²) >= 11 is 0. The van der Waals surface area contributed by atoms with Crippen LogP contribution in [0, 0.1) is 12.3 Å². The molecule has 0 aliphatic rings. The Labute approximate surface area is 125 Å². The van der Waals surface area contributed by atoms with Gasteiger partial charge in [-0.3, -0.25) is 4.79 Å². The molecule has 2 aromatic heterocycles. The van der Waals surface area contributed by atoms with Crippen molar-refractivity contribution >= 4 is 11.6 Å². The summed E-state index contributed by atoms with van der Waals surface area (Å²) in [5.41, 5.74) is 8.25. The minimum atomic E-state index is -0.463. The second kappa shape index (κ2) is 6.26. The Morgan fingerprint density at radius 1 is 1.33 bits per heavy atom. The van der Waals surface area contributed by atoms with Crippen molar-refractivity contribution in [1.29, 1.82) is 0 Å². The van der Waals surface area contributed by atoms with Crippen molar-refractivity contribution < 1.29 is 4.79 Å². The molecule has 21 heavy (non-hydrogen) atoms. The van der Waals surface area contributed by atoms with Crippen molar-refractivity contribution in [2.24, 2.45) is 11.1 Å². The normalized spacial score (nSPS) is 11.8. The van der Waals surface area contributed by atoms with Crippen molar-refractivity contribution in [3.63, 3.8) is 0 Å². The Bertz CT molecular complexity index is 620. The number of nitrogens with two attached hydrogens (primary N) is 1. The van der Waals surface area contributed by atoms with Crippen LogP contribution in [0.1, 0.15) is 37.9 Å². The highest BCUT2D eigenvalue weighted by Gasteiger charge is 2.33. The van der Waals surface area contributed by atoms with Gasteiger partial charge in [0.05, 0.1) is 17.7 Å². The van der Waals surface area contributed by atoms with Gasteiger partial charge in [0.1, 0.15) is 5.65 Å². The van der Waals surface area contributed by atoms with Crippen LogP contribution in [-0.2, 0) is 11.3 Å². The van der Waals surface area contributed by atoms with Gasteiger partial charge in [0.2, 0.25) is 5.91 Å². The van der Waals surface area contributed by atoms with Gasteiger partial charge in [0.25, 0.3) is 0 Å². The molecule has 2 rings (SSSR count). The summed E-state index contributed by atoms with van der Waals surface area (Å²) < 4.78 is 1.98. The van der Waals surface area contributed by atoms with E-state index in [0.29, 0.717) is 13.1 Å². The monoisotopic (exact) mass is 288 g/mol. The van der Waals surface area contributed by atoms with E-state index in [1.165, 1.54) is 5.56 Å². The largest absolute Gasteiger partial charge is 0.350 e. The molecule has 0 aliphatic heterocycles. The number of hydrogen-bond acceptors (Lipinski definition) is 3. The smallest absolute Gasteiger partial charge is 0.227 e. The quantitative estimate of drug-likeness (QED) is 0.854. The SMILES string of the molecule is CCC(CC)(CN)C(=O)NCc1cn2cc(C)ccc2n1. The summed E-state index contributed by atoms with van der Waals surface area (Å²) in [6, 6.07) is 4.00. The Hall–Kier alpha value is -1.88. The van der Waals surface area contributed by atoms with Gasteiger partial charge < -0.3 is 15.5 Å². The number of nitrogens with one attached hydrogen (secondary N) is 1. The maximum Gasteiger partial charge on any atom is 0.227 e. The first kappa shape index (κ1) is 15.5. The first-order valence-corrected chi connectivity index (χ1v) is 7.47. The maximum absolute atomic E-state index is 12.4. The summed E-state index contributed by atoms with van der Waals surface area (Å²) in [7, 11) is 0. The van der Waals surface area contributed by atoms with E-state index in [2.05, 4.69) is 10.3 Å². The standard InChI is InChI=1S/C16H24N4O/c1-4-16(5-2,11-17)15(21)18-8-13-10-20-9-12(3)6-7-14(20)19-13/h6-7,9-10H,4-5,8,11,17H2,1-3H3,(H,18,21). The molecule has 0 aromatic carbocycles. The highest BCUT2D eigenvalue weighted by molar-refractivity contribution is 5.82. The third kappa shape index (κ3) is 3.08. The van der Waals surface area contributed by atoms with Crippen LogP contribution < -0.4 is 11.1 Å². The molecule has 3 N–H and O–H groups in total. The van der Waals surface area contributed by atoms with E-state index in [1.807, 2.05) is 49.7 Å². The van der Waals surface area contributed by atoms with Crippen molar-refractivity contribution in [1.82, 2.24) is 14.7 Å². The molecule has 0 spiro atoms. The molecule has 0 aliphatic carbocycles. The summed E-state index contributed by atoms with van der Waals surface area (Å²) in [5, 5.41) is 2.97. The van der Waals surface area contributed by atoms with Gasteiger partial charge in [-0.2, -0.15) is 0 Å². The van der Waals surface area contributed by atoms with Gasteiger partial charge in [0, 0.05) is 18.9 Å². The zero-order valence-corrected chi connectivity index (χ0v) is 13.0. The van der Waals surface area contributed by atoms with Crippen LogP contribution in [0.2, 0.25) is 0 Å². The first-order chi connectivity index (χ1) is 10.0. The first-order valence-electron chi connectivity index (χ1n) is 7.47. The lowest BCUT2D eigenvalue weighted by Gasteiger charge is -2.28. The molecule has 0 saturated carbocycles. The number of fused-ring (bicyclic) bond motifs is 1. The second-order valence-corrected chi connectivity index (χ2v) is 5.58. The van der Waals surface area contributed by atoms with Crippen LogP contribution in [0.5, 0.6) is 0 Å². The van der Waals surface area contributed by atoms with Crippen molar-refractivity contribution in [2.75, 3.05) is 6.54 Å². The average Bonchev–Trinajstić information content (AvgIpc) is 2.89. The number of carbonyl (C=O) groups excluding carboxylic acids is 1. The number of imidazole rings is 1. The van der Waals surface area contributed by atoms with Crippen molar-refractivity contribution in [2.45, 2.75) is 40.2 Å². The predicted molar refractivity (Wildman–Crippen MR) is 83.8 cm³/mol. The van der Waals surface area contributed by atoms with E-state index in [4.69, 9.17) is 5.73 Å². The molecule has 5 nitrogen and oxygen atoms in total. The summed E-state index contributed by atoms with van der Waals surface area (Å²) in [4.78, 5) is 16.9. The highest BCUT2D eigenvalue weighted by Crippen LogP contribution is 2.25. The molecule has 0 saturated heterocycles. The van der Waals surface area contributed by atoms with Gasteiger partial charge in [-0.25, -0.2) is 4.98 Å². The van der Waals surface area contributed by atoms with Gasteiger partial charge in [-0.15, -0.1) is 0 Å². The van der Waals surface area contributed by atoms with Gasteiger partial charge in [-0.05, 0) is 31.4 Å². The van der Waals surface area contributed by atoms with Gasteiger partial charge in [-0.1, -0.05) is 19.9 Å². The zero-order valence-electron chi connectivity index (χ0n) is 13.0. The average molecular weight is 288 g/mol. The lowest BCUT2D eigenvalue weighted by atomic mass is 9.81. The molecule has 0 fully saturated rings. The van der Waals surface area contributed by atoms with E-state index in [1.54, 1.807) is 0 Å². The molecule has 0 radical (unpaired) electrons. The highest BCUT2D eigenvalue weighted by atomic mass is 16.2. The van der Waals surface area contributed by atoms with Crippen LogP contribution in [0.4, 0.5) is 0 Å². The van der Waals surface area contributed by atoms with E-state index in [9.17, 15) is 4.79 Å². The Balaban J connectivity index is 2.09.